The highest BCUT2D eigenvalue weighted by Crippen LogP contribution is 2.30. The summed E-state index contributed by atoms with van der Waals surface area (Å²) in [5.74, 6) is -0.146. The van der Waals surface area contributed by atoms with Crippen molar-refractivity contribution in [2.45, 2.75) is 6.42 Å². The predicted octanol–water partition coefficient (Wildman–Crippen LogP) is 2.97. The number of ketones is 1. The molecule has 1 aliphatic heterocycles. The van der Waals surface area contributed by atoms with Gasteiger partial charge in [-0.3, -0.25) is 14.6 Å². The lowest BCUT2D eigenvalue weighted by molar-refractivity contribution is 0.0955. The van der Waals surface area contributed by atoms with E-state index < -0.39 is 0 Å². The molecule has 1 aliphatic rings. The number of halogens is 1. The first-order valence-corrected chi connectivity index (χ1v) is 6.59. The number of anilines is 1. The molecule has 1 aromatic carbocycles. The number of nitrogens with zero attached hydrogens (tertiary/aromatic N) is 2. The third-order valence-corrected chi connectivity index (χ3v) is 3.50. The van der Waals surface area contributed by atoms with Gasteiger partial charge in [-0.15, -0.1) is 0 Å². The zero-order valence-corrected chi connectivity index (χ0v) is 11.3. The summed E-state index contributed by atoms with van der Waals surface area (Å²) in [6, 6.07) is 8.43. The summed E-state index contributed by atoms with van der Waals surface area (Å²) in [4.78, 5) is 30.0. The number of fused-ring (bicyclic) bond motifs is 1. The summed E-state index contributed by atoms with van der Waals surface area (Å²) in [6.07, 6.45) is 3.44. The van der Waals surface area contributed by atoms with Gasteiger partial charge in [0.1, 0.15) is 0 Å². The van der Waals surface area contributed by atoms with E-state index >= 15 is 0 Å². The number of benzene rings is 1. The number of rotatable bonds is 1. The standard InChI is InChI=1S/C15H11ClN2O2/c16-11-3-4-13-12(8-11)14(19)5-7-18(13)15(20)10-2-1-6-17-9-10/h1-4,6,8-9H,5,7H2. The average molecular weight is 287 g/mol. The fourth-order valence-electron chi connectivity index (χ4n) is 2.29. The Morgan fingerprint density at radius 2 is 2.15 bits per heavy atom. The van der Waals surface area contributed by atoms with Crippen molar-refractivity contribution in [3.63, 3.8) is 0 Å². The van der Waals surface area contributed by atoms with Crippen LogP contribution in [-0.4, -0.2) is 23.2 Å². The van der Waals surface area contributed by atoms with E-state index in [1.807, 2.05) is 0 Å². The molecule has 0 fully saturated rings. The van der Waals surface area contributed by atoms with Gasteiger partial charge in [-0.2, -0.15) is 0 Å². The molecule has 3 rings (SSSR count). The average Bonchev–Trinajstić information content (AvgIpc) is 2.48. The van der Waals surface area contributed by atoms with Gasteiger partial charge in [-0.25, -0.2) is 0 Å². The van der Waals surface area contributed by atoms with Gasteiger partial charge in [0.15, 0.2) is 5.78 Å². The van der Waals surface area contributed by atoms with Crippen LogP contribution in [0.1, 0.15) is 27.1 Å². The highest BCUT2D eigenvalue weighted by molar-refractivity contribution is 6.31. The van der Waals surface area contributed by atoms with Gasteiger partial charge in [0, 0.05) is 35.9 Å². The molecule has 0 saturated heterocycles. The summed E-state index contributed by atoms with van der Waals surface area (Å²) < 4.78 is 0. The molecule has 100 valence electrons. The van der Waals surface area contributed by atoms with Crippen LogP contribution in [0.15, 0.2) is 42.7 Å². The molecular weight excluding hydrogens is 276 g/mol. The van der Waals surface area contributed by atoms with Gasteiger partial charge in [0.2, 0.25) is 0 Å². The molecule has 1 aromatic heterocycles. The van der Waals surface area contributed by atoms with E-state index in [-0.39, 0.29) is 11.7 Å². The summed E-state index contributed by atoms with van der Waals surface area (Å²) >= 11 is 5.92. The predicted molar refractivity (Wildman–Crippen MR) is 76.3 cm³/mol. The summed E-state index contributed by atoms with van der Waals surface area (Å²) in [5, 5.41) is 0.493. The molecule has 20 heavy (non-hydrogen) atoms. The molecule has 0 atom stereocenters. The van der Waals surface area contributed by atoms with E-state index in [1.54, 1.807) is 41.4 Å². The second kappa shape index (κ2) is 5.06. The second-order valence-electron chi connectivity index (χ2n) is 4.53. The van der Waals surface area contributed by atoms with Gasteiger partial charge >= 0.3 is 0 Å². The zero-order valence-electron chi connectivity index (χ0n) is 10.5. The molecule has 2 aromatic rings. The van der Waals surface area contributed by atoms with Crippen LogP contribution in [0.2, 0.25) is 5.02 Å². The van der Waals surface area contributed by atoms with Gasteiger partial charge in [-0.05, 0) is 30.3 Å². The molecule has 1 amide bonds. The van der Waals surface area contributed by atoms with Gasteiger partial charge < -0.3 is 4.90 Å². The van der Waals surface area contributed by atoms with Crippen LogP contribution in [-0.2, 0) is 0 Å². The number of carbonyl (C=O) groups excluding carboxylic acids is 2. The number of aromatic nitrogens is 1. The van der Waals surface area contributed by atoms with Crippen LogP contribution in [0.5, 0.6) is 0 Å². The monoisotopic (exact) mass is 286 g/mol. The number of Topliss-reactive ketones (excluding diaryl/α,β-unsaturated/α-hetero) is 1. The first kappa shape index (κ1) is 12.8. The maximum absolute atomic E-state index is 12.5. The maximum atomic E-state index is 12.5. The maximum Gasteiger partial charge on any atom is 0.259 e. The third kappa shape index (κ3) is 2.18. The van der Waals surface area contributed by atoms with Gasteiger partial charge in [0.25, 0.3) is 5.91 Å². The van der Waals surface area contributed by atoms with Gasteiger partial charge in [0.05, 0.1) is 11.3 Å². The molecular formula is C15H11ClN2O2. The summed E-state index contributed by atoms with van der Waals surface area (Å²) in [6.45, 7) is 0.376. The SMILES string of the molecule is O=C1CCN(C(=O)c2cccnc2)c2ccc(Cl)cc21. The molecule has 0 unspecified atom stereocenters. The van der Waals surface area contributed by atoms with E-state index in [4.69, 9.17) is 11.6 Å². The Labute approximate surface area is 121 Å². The quantitative estimate of drug-likeness (QED) is 0.810. The molecule has 0 bridgehead atoms. The molecule has 0 radical (unpaired) electrons. The van der Waals surface area contributed by atoms with Crippen molar-refractivity contribution in [2.75, 3.05) is 11.4 Å². The van der Waals surface area contributed by atoms with Crippen molar-refractivity contribution < 1.29 is 9.59 Å². The van der Waals surface area contributed by atoms with Crippen LogP contribution >= 0.6 is 11.6 Å². The van der Waals surface area contributed by atoms with E-state index in [1.165, 1.54) is 6.20 Å². The van der Waals surface area contributed by atoms with Crippen molar-refractivity contribution in [1.29, 1.82) is 0 Å². The van der Waals surface area contributed by atoms with E-state index in [9.17, 15) is 9.59 Å². The number of amides is 1. The van der Waals surface area contributed by atoms with Crippen molar-refractivity contribution in [2.24, 2.45) is 0 Å². The number of hydrogen-bond acceptors (Lipinski definition) is 3. The van der Waals surface area contributed by atoms with Crippen LogP contribution in [0.25, 0.3) is 0 Å². The zero-order chi connectivity index (χ0) is 14.1. The first-order chi connectivity index (χ1) is 9.66. The Morgan fingerprint density at radius 1 is 1.30 bits per heavy atom. The highest BCUT2D eigenvalue weighted by atomic mass is 35.5. The molecule has 0 aliphatic carbocycles. The molecule has 0 saturated carbocycles. The van der Waals surface area contributed by atoms with Crippen LogP contribution in [0.3, 0.4) is 0 Å². The van der Waals surface area contributed by atoms with Crippen molar-refractivity contribution in [3.05, 3.63) is 58.9 Å². The first-order valence-electron chi connectivity index (χ1n) is 6.21. The van der Waals surface area contributed by atoms with Gasteiger partial charge in [-0.1, -0.05) is 11.6 Å². The van der Waals surface area contributed by atoms with E-state index in [2.05, 4.69) is 4.98 Å². The van der Waals surface area contributed by atoms with Crippen molar-refractivity contribution in [3.8, 4) is 0 Å². The minimum absolute atomic E-state index is 0.0118. The topological polar surface area (TPSA) is 50.3 Å². The summed E-state index contributed by atoms with van der Waals surface area (Å²) in [5.41, 5.74) is 1.61. The van der Waals surface area contributed by atoms with Crippen molar-refractivity contribution >= 4 is 29.0 Å². The lowest BCUT2D eigenvalue weighted by atomic mass is 9.99. The second-order valence-corrected chi connectivity index (χ2v) is 4.97. The molecule has 2 heterocycles. The Kier molecular flexibility index (Phi) is 3.24. The Balaban J connectivity index is 2.03. The molecule has 0 spiro atoms. The van der Waals surface area contributed by atoms with E-state index in [0.29, 0.717) is 34.8 Å². The lowest BCUT2D eigenvalue weighted by Crippen LogP contribution is -2.37. The minimum Gasteiger partial charge on any atom is -0.307 e. The molecule has 5 heteroatoms. The van der Waals surface area contributed by atoms with E-state index in [0.717, 1.165) is 0 Å². The smallest absolute Gasteiger partial charge is 0.259 e. The third-order valence-electron chi connectivity index (χ3n) is 3.27. The van der Waals surface area contributed by atoms with Crippen molar-refractivity contribution in [1.82, 2.24) is 4.98 Å². The number of pyridine rings is 1. The highest BCUT2D eigenvalue weighted by Gasteiger charge is 2.28. The fraction of sp³-hybridized carbons (Fsp3) is 0.133. The number of carbonyl (C=O) groups is 2. The van der Waals surface area contributed by atoms with Crippen LogP contribution in [0, 0.1) is 0 Å². The van der Waals surface area contributed by atoms with Crippen LogP contribution in [0.4, 0.5) is 5.69 Å². The Morgan fingerprint density at radius 3 is 2.90 bits per heavy atom. The largest absolute Gasteiger partial charge is 0.307 e. The fourth-order valence-corrected chi connectivity index (χ4v) is 2.46. The number of hydrogen-bond donors (Lipinski definition) is 0. The normalized spacial score (nSPS) is 14.1. The minimum atomic E-state index is -0.158. The molecule has 4 nitrogen and oxygen atoms in total. The summed E-state index contributed by atoms with van der Waals surface area (Å²) in [7, 11) is 0. The Hall–Kier alpha value is -2.20. The lowest BCUT2D eigenvalue weighted by Gasteiger charge is -2.28. The van der Waals surface area contributed by atoms with Crippen LogP contribution < -0.4 is 4.90 Å². The Bertz CT molecular complexity index is 686. The molecule has 0 N–H and O–H groups in total.